The van der Waals surface area contributed by atoms with Gasteiger partial charge >= 0.3 is 7.12 Å². The van der Waals surface area contributed by atoms with E-state index < -0.39 is 18.3 Å². The van der Waals surface area contributed by atoms with Crippen LogP contribution in [-0.2, 0) is 4.65 Å². The minimum Gasteiger partial charge on any atom is -0.497 e. The Morgan fingerprint density at radius 3 is 2.30 bits per heavy atom. The lowest BCUT2D eigenvalue weighted by Crippen LogP contribution is -2.53. The van der Waals surface area contributed by atoms with Gasteiger partial charge in [-0.3, -0.25) is 4.79 Å². The molecule has 0 bridgehead atoms. The van der Waals surface area contributed by atoms with Gasteiger partial charge in [0.2, 0.25) is 0 Å². The Hall–Kier alpha value is -1.37. The molecular weight excluding hydrogens is 259 g/mol. The lowest BCUT2D eigenvalue weighted by Gasteiger charge is -2.38. The van der Waals surface area contributed by atoms with E-state index >= 15 is 0 Å². The van der Waals surface area contributed by atoms with Gasteiger partial charge in [-0.25, -0.2) is 0 Å². The molecule has 0 atom stereocenters. The van der Waals surface area contributed by atoms with Crippen LogP contribution < -0.4 is 10.2 Å². The molecule has 20 heavy (non-hydrogen) atoms. The van der Waals surface area contributed by atoms with E-state index in [1.165, 1.54) is 13.2 Å². The molecule has 0 fully saturated rings. The third-order valence-electron chi connectivity index (χ3n) is 3.57. The van der Waals surface area contributed by atoms with Gasteiger partial charge in [0.1, 0.15) is 12.0 Å². The summed E-state index contributed by atoms with van der Waals surface area (Å²) in [7, 11) is 0.177. The number of aldehydes is 1. The predicted molar refractivity (Wildman–Crippen MR) is 77.5 cm³/mol. The van der Waals surface area contributed by atoms with Crippen LogP contribution in [0.5, 0.6) is 5.75 Å². The van der Waals surface area contributed by atoms with E-state index in [1.54, 1.807) is 39.8 Å². The number of methoxy groups -OCH3 is 1. The summed E-state index contributed by atoms with van der Waals surface area (Å²) < 4.78 is 10.5. The maximum atomic E-state index is 11.1. The molecule has 2 N–H and O–H groups in total. The van der Waals surface area contributed by atoms with Crippen molar-refractivity contribution in [2.75, 3.05) is 7.11 Å². The minimum atomic E-state index is -1.32. The molecule has 0 heterocycles. The molecule has 6 heteroatoms. The number of rotatable bonds is 6. The molecular formula is C14H21BO5. The largest absolute Gasteiger partial charge is 0.497 e. The number of carbonyl (C=O) groups excluding carboxylic acids is 1. The quantitative estimate of drug-likeness (QED) is 0.594. The fourth-order valence-electron chi connectivity index (χ4n) is 1.49. The molecule has 0 spiro atoms. The average Bonchev–Trinajstić information content (AvgIpc) is 2.35. The van der Waals surface area contributed by atoms with Crippen molar-refractivity contribution < 1.29 is 24.3 Å². The summed E-state index contributed by atoms with van der Waals surface area (Å²) in [6, 6.07) is 4.71. The molecule has 0 aromatic heterocycles. The molecule has 0 radical (unpaired) electrons. The molecule has 1 rings (SSSR count). The monoisotopic (exact) mass is 280 g/mol. The van der Waals surface area contributed by atoms with E-state index in [9.17, 15) is 14.9 Å². The van der Waals surface area contributed by atoms with E-state index in [4.69, 9.17) is 9.39 Å². The standard InChI is InChI=1S/C14H21BO5/c1-13(2,17)14(3,4)20-15(18)12-7-6-11(19-5)8-10(12)9-16/h6-9,17-18H,1-5H3. The Morgan fingerprint density at radius 2 is 1.85 bits per heavy atom. The van der Waals surface area contributed by atoms with Gasteiger partial charge in [-0.2, -0.15) is 0 Å². The molecule has 0 saturated carbocycles. The molecule has 1 aromatic rings. The van der Waals surface area contributed by atoms with Crippen molar-refractivity contribution in [3.63, 3.8) is 0 Å². The molecule has 5 nitrogen and oxygen atoms in total. The molecule has 0 saturated heterocycles. The van der Waals surface area contributed by atoms with Gasteiger partial charge in [0.05, 0.1) is 18.3 Å². The van der Waals surface area contributed by atoms with Crippen molar-refractivity contribution in [3.05, 3.63) is 23.8 Å². The van der Waals surface area contributed by atoms with E-state index in [-0.39, 0.29) is 5.56 Å². The van der Waals surface area contributed by atoms with Gasteiger partial charge in [0, 0.05) is 5.56 Å². The Balaban J connectivity index is 3.04. The number of carbonyl (C=O) groups is 1. The summed E-state index contributed by atoms with van der Waals surface area (Å²) >= 11 is 0. The molecule has 0 aliphatic heterocycles. The van der Waals surface area contributed by atoms with Crippen molar-refractivity contribution in [1.29, 1.82) is 0 Å². The van der Waals surface area contributed by atoms with Crippen LogP contribution in [0.4, 0.5) is 0 Å². The summed E-state index contributed by atoms with van der Waals surface area (Å²) in [4.78, 5) is 11.1. The van der Waals surface area contributed by atoms with Gasteiger partial charge in [-0.1, -0.05) is 6.07 Å². The van der Waals surface area contributed by atoms with Gasteiger partial charge in [0.15, 0.2) is 0 Å². The third kappa shape index (κ3) is 3.59. The summed E-state index contributed by atoms with van der Waals surface area (Å²) in [5.41, 5.74) is -1.53. The average molecular weight is 280 g/mol. The summed E-state index contributed by atoms with van der Waals surface area (Å²) in [6.07, 6.45) is 0.627. The Bertz CT molecular complexity index is 479. The summed E-state index contributed by atoms with van der Waals surface area (Å²) in [5, 5.41) is 20.2. The van der Waals surface area contributed by atoms with Crippen molar-refractivity contribution in [1.82, 2.24) is 0 Å². The molecule has 0 aliphatic carbocycles. The highest BCUT2D eigenvalue weighted by Gasteiger charge is 2.40. The lowest BCUT2D eigenvalue weighted by molar-refractivity contribution is -0.0982. The zero-order valence-corrected chi connectivity index (χ0v) is 12.5. The second-order valence-electron chi connectivity index (χ2n) is 5.65. The Labute approximate surface area is 119 Å². The van der Waals surface area contributed by atoms with Crippen LogP contribution in [0.25, 0.3) is 0 Å². The van der Waals surface area contributed by atoms with E-state index in [0.29, 0.717) is 17.5 Å². The van der Waals surface area contributed by atoms with Gasteiger partial charge in [0.25, 0.3) is 0 Å². The zero-order chi connectivity index (χ0) is 15.6. The molecule has 0 aliphatic rings. The molecule has 1 aromatic carbocycles. The van der Waals surface area contributed by atoms with Crippen molar-refractivity contribution in [2.45, 2.75) is 38.9 Å². The number of ether oxygens (including phenoxy) is 1. The smallest absolute Gasteiger partial charge is 0.492 e. The first-order valence-electron chi connectivity index (χ1n) is 6.34. The zero-order valence-electron chi connectivity index (χ0n) is 12.5. The Morgan fingerprint density at radius 1 is 1.25 bits per heavy atom. The van der Waals surface area contributed by atoms with Crippen molar-refractivity contribution >= 4 is 18.9 Å². The second-order valence-corrected chi connectivity index (χ2v) is 5.65. The van der Waals surface area contributed by atoms with Crippen LogP contribution >= 0.6 is 0 Å². The van der Waals surface area contributed by atoms with E-state index in [2.05, 4.69) is 0 Å². The van der Waals surface area contributed by atoms with Crippen LogP contribution in [-0.4, -0.2) is 41.8 Å². The van der Waals surface area contributed by atoms with Crippen LogP contribution in [0.15, 0.2) is 18.2 Å². The van der Waals surface area contributed by atoms with Crippen LogP contribution in [0.1, 0.15) is 38.1 Å². The van der Waals surface area contributed by atoms with Gasteiger partial charge in [-0.05, 0) is 45.3 Å². The highest BCUT2D eigenvalue weighted by atomic mass is 16.5. The highest BCUT2D eigenvalue weighted by Crippen LogP contribution is 2.25. The maximum Gasteiger partial charge on any atom is 0.492 e. The number of aliphatic hydroxyl groups is 1. The number of benzene rings is 1. The van der Waals surface area contributed by atoms with Crippen LogP contribution in [0.2, 0.25) is 0 Å². The van der Waals surface area contributed by atoms with Gasteiger partial charge in [-0.15, -0.1) is 0 Å². The minimum absolute atomic E-state index is 0.281. The SMILES string of the molecule is COc1ccc(B(O)OC(C)(C)C(C)(C)O)c(C=O)c1. The first kappa shape index (κ1) is 16.7. The first-order chi connectivity index (χ1) is 9.12. The highest BCUT2D eigenvalue weighted by molar-refractivity contribution is 6.61. The Kier molecular flexibility index (Phi) is 4.97. The summed E-state index contributed by atoms with van der Waals surface area (Å²) in [6.45, 7) is 6.52. The first-order valence-corrected chi connectivity index (χ1v) is 6.34. The normalized spacial score (nSPS) is 12.2. The molecule has 110 valence electrons. The second kappa shape index (κ2) is 5.95. The topological polar surface area (TPSA) is 76.0 Å². The van der Waals surface area contributed by atoms with E-state index in [1.807, 2.05) is 0 Å². The third-order valence-corrected chi connectivity index (χ3v) is 3.57. The fraction of sp³-hybridized carbons (Fsp3) is 0.500. The van der Waals surface area contributed by atoms with Gasteiger partial charge < -0.3 is 19.5 Å². The molecule has 0 amide bonds. The van der Waals surface area contributed by atoms with E-state index in [0.717, 1.165) is 0 Å². The number of hydrogen-bond donors (Lipinski definition) is 2. The lowest BCUT2D eigenvalue weighted by atomic mass is 9.74. The van der Waals surface area contributed by atoms with Crippen LogP contribution in [0, 0.1) is 0 Å². The van der Waals surface area contributed by atoms with Crippen molar-refractivity contribution in [3.8, 4) is 5.75 Å². The predicted octanol–water partition coefficient (Wildman–Crippen LogP) is 0.761. The van der Waals surface area contributed by atoms with Crippen molar-refractivity contribution in [2.24, 2.45) is 0 Å². The number of hydrogen-bond acceptors (Lipinski definition) is 5. The van der Waals surface area contributed by atoms with Crippen LogP contribution in [0.3, 0.4) is 0 Å². The fourth-order valence-corrected chi connectivity index (χ4v) is 1.49. The summed E-state index contributed by atoms with van der Waals surface area (Å²) in [5.74, 6) is 0.518. The molecule has 0 unspecified atom stereocenters. The maximum absolute atomic E-state index is 11.1.